The van der Waals surface area contributed by atoms with Gasteiger partial charge in [-0.2, -0.15) is 0 Å². The lowest BCUT2D eigenvalue weighted by molar-refractivity contribution is 0.0146. The fourth-order valence-electron chi connectivity index (χ4n) is 3.97. The first-order valence-electron chi connectivity index (χ1n) is 9.84. The third-order valence-electron chi connectivity index (χ3n) is 5.54. The molecule has 3 aromatic rings. The molecule has 2 fully saturated rings. The molecule has 4 heterocycles. The predicted molar refractivity (Wildman–Crippen MR) is 105 cm³/mol. The second kappa shape index (κ2) is 7.24. The Balaban J connectivity index is 1.23. The minimum Gasteiger partial charge on any atom is -0.470 e. The van der Waals surface area contributed by atoms with Gasteiger partial charge in [-0.15, -0.1) is 0 Å². The molecule has 1 unspecified atom stereocenters. The van der Waals surface area contributed by atoms with Crippen molar-refractivity contribution < 1.29 is 9.53 Å². The zero-order valence-electron chi connectivity index (χ0n) is 15.6. The monoisotopic (exact) mass is 377 g/mol. The van der Waals surface area contributed by atoms with Crippen LogP contribution in [-0.4, -0.2) is 58.0 Å². The van der Waals surface area contributed by atoms with E-state index in [-0.39, 0.29) is 12.0 Å². The van der Waals surface area contributed by atoms with E-state index in [2.05, 4.69) is 26.3 Å². The number of piperidine rings is 1. The first-order valence-corrected chi connectivity index (χ1v) is 9.84. The molecule has 7 nitrogen and oxygen atoms in total. The van der Waals surface area contributed by atoms with E-state index in [1.54, 1.807) is 11.1 Å². The van der Waals surface area contributed by atoms with Crippen LogP contribution in [0.1, 0.15) is 34.9 Å². The molecule has 0 spiro atoms. The van der Waals surface area contributed by atoms with Gasteiger partial charge in [0.1, 0.15) is 6.10 Å². The summed E-state index contributed by atoms with van der Waals surface area (Å²) in [7, 11) is 0. The molecule has 2 aliphatic rings. The van der Waals surface area contributed by atoms with Gasteiger partial charge >= 0.3 is 0 Å². The number of fused-ring (bicyclic) bond motifs is 1. The van der Waals surface area contributed by atoms with Crippen molar-refractivity contribution in [1.29, 1.82) is 0 Å². The average molecular weight is 377 g/mol. The molecule has 1 aromatic carbocycles. The van der Waals surface area contributed by atoms with Gasteiger partial charge in [0, 0.05) is 24.2 Å². The van der Waals surface area contributed by atoms with Crippen LogP contribution in [0, 0.1) is 0 Å². The molecule has 0 bridgehead atoms. The topological polar surface area (TPSA) is 83.1 Å². The van der Waals surface area contributed by atoms with Gasteiger partial charge in [-0.3, -0.25) is 4.79 Å². The van der Waals surface area contributed by atoms with E-state index in [9.17, 15) is 4.79 Å². The number of nitrogens with zero attached hydrogens (tertiary/aromatic N) is 3. The molecule has 7 heteroatoms. The van der Waals surface area contributed by atoms with Gasteiger partial charge in [0.05, 0.1) is 24.1 Å². The number of hydrogen-bond donors (Lipinski definition) is 2. The standard InChI is InChI=1S/C21H23N5O2/c27-21(19-24-17-7-1-2-8-18(17)25-19)26-12-15(13-26)28-20-16(6-4-10-23-20)14-5-3-9-22-11-14/h1-2,4,6-8,10,14-15,22H,3,5,9,11-13H2,(H,24,25). The quantitative estimate of drug-likeness (QED) is 0.729. The fourth-order valence-corrected chi connectivity index (χ4v) is 3.97. The van der Waals surface area contributed by atoms with Gasteiger partial charge in [-0.25, -0.2) is 9.97 Å². The van der Waals surface area contributed by atoms with Crippen molar-refractivity contribution in [3.05, 3.63) is 54.0 Å². The van der Waals surface area contributed by atoms with Crippen LogP contribution in [0.3, 0.4) is 0 Å². The zero-order valence-corrected chi connectivity index (χ0v) is 15.6. The molecule has 2 aromatic heterocycles. The number of imidazole rings is 1. The maximum absolute atomic E-state index is 12.7. The number of nitrogens with one attached hydrogen (secondary N) is 2. The lowest BCUT2D eigenvalue weighted by Crippen LogP contribution is -2.56. The molecular formula is C21H23N5O2. The number of likely N-dealkylation sites (tertiary alicyclic amines) is 1. The summed E-state index contributed by atoms with van der Waals surface area (Å²) in [6.07, 6.45) is 4.06. The Morgan fingerprint density at radius 1 is 1.18 bits per heavy atom. The number of pyridine rings is 1. The maximum atomic E-state index is 12.7. The van der Waals surface area contributed by atoms with Crippen LogP contribution in [0.5, 0.6) is 5.88 Å². The predicted octanol–water partition coefficient (Wildman–Crippen LogP) is 2.33. The number of benzene rings is 1. The van der Waals surface area contributed by atoms with Crippen LogP contribution < -0.4 is 10.1 Å². The number of aromatic nitrogens is 3. The minimum absolute atomic E-state index is 0.0291. The highest BCUT2D eigenvalue weighted by molar-refractivity contribution is 5.94. The highest BCUT2D eigenvalue weighted by Crippen LogP contribution is 2.31. The molecule has 1 atom stereocenters. The zero-order chi connectivity index (χ0) is 18.9. The molecule has 1 amide bonds. The first-order chi connectivity index (χ1) is 13.8. The van der Waals surface area contributed by atoms with E-state index in [1.807, 2.05) is 30.3 Å². The van der Waals surface area contributed by atoms with Gasteiger partial charge in [-0.1, -0.05) is 18.2 Å². The van der Waals surface area contributed by atoms with Crippen molar-refractivity contribution in [3.8, 4) is 5.88 Å². The Bertz CT molecular complexity index is 956. The smallest absolute Gasteiger partial charge is 0.289 e. The summed E-state index contributed by atoms with van der Waals surface area (Å²) in [5.41, 5.74) is 2.84. The third kappa shape index (κ3) is 3.22. The number of carbonyl (C=O) groups is 1. The molecule has 2 aliphatic heterocycles. The van der Waals surface area contributed by atoms with E-state index < -0.39 is 0 Å². The van der Waals surface area contributed by atoms with Gasteiger partial charge in [-0.05, 0) is 37.6 Å². The highest BCUT2D eigenvalue weighted by atomic mass is 16.5. The number of para-hydroxylation sites is 2. The summed E-state index contributed by atoms with van der Waals surface area (Å²) in [5, 5.41) is 3.45. The summed E-state index contributed by atoms with van der Waals surface area (Å²) in [5.74, 6) is 1.43. The Kier molecular flexibility index (Phi) is 4.44. The summed E-state index contributed by atoms with van der Waals surface area (Å²) in [6.45, 7) is 3.14. The van der Waals surface area contributed by atoms with Crippen LogP contribution in [0.25, 0.3) is 11.0 Å². The van der Waals surface area contributed by atoms with Gasteiger partial charge in [0.2, 0.25) is 5.88 Å². The summed E-state index contributed by atoms with van der Waals surface area (Å²) >= 11 is 0. The van der Waals surface area contributed by atoms with E-state index in [0.717, 1.165) is 36.1 Å². The SMILES string of the molecule is O=C(c1nc2ccccc2[nH]1)N1CC(Oc2ncccc2C2CCCNC2)C1. The summed E-state index contributed by atoms with van der Waals surface area (Å²) in [6, 6.07) is 11.7. The molecular weight excluding hydrogens is 354 g/mol. The second-order valence-corrected chi connectivity index (χ2v) is 7.49. The lowest BCUT2D eigenvalue weighted by Gasteiger charge is -2.38. The molecule has 144 valence electrons. The molecule has 0 radical (unpaired) electrons. The van der Waals surface area contributed by atoms with Gasteiger partial charge in [0.25, 0.3) is 5.91 Å². The second-order valence-electron chi connectivity index (χ2n) is 7.49. The van der Waals surface area contributed by atoms with Gasteiger partial charge < -0.3 is 19.9 Å². The molecule has 5 rings (SSSR count). The minimum atomic E-state index is -0.0891. The van der Waals surface area contributed by atoms with E-state index in [4.69, 9.17) is 4.74 Å². The number of carbonyl (C=O) groups excluding carboxylic acids is 1. The maximum Gasteiger partial charge on any atom is 0.289 e. The van der Waals surface area contributed by atoms with Crippen LogP contribution in [0.2, 0.25) is 0 Å². The average Bonchev–Trinajstić information content (AvgIpc) is 3.15. The molecule has 28 heavy (non-hydrogen) atoms. The number of rotatable bonds is 4. The first kappa shape index (κ1) is 17.2. The van der Waals surface area contributed by atoms with E-state index in [0.29, 0.717) is 30.7 Å². The number of amides is 1. The number of H-pyrrole nitrogens is 1. The van der Waals surface area contributed by atoms with Crippen molar-refractivity contribution in [2.45, 2.75) is 24.9 Å². The van der Waals surface area contributed by atoms with Crippen molar-refractivity contribution >= 4 is 16.9 Å². The normalized spacial score (nSPS) is 20.1. The van der Waals surface area contributed by atoms with Crippen LogP contribution in [0.4, 0.5) is 0 Å². The van der Waals surface area contributed by atoms with Crippen LogP contribution in [-0.2, 0) is 0 Å². The van der Waals surface area contributed by atoms with Gasteiger partial charge in [0.15, 0.2) is 5.82 Å². The lowest BCUT2D eigenvalue weighted by atomic mass is 9.92. The molecule has 2 saturated heterocycles. The van der Waals surface area contributed by atoms with Crippen molar-refractivity contribution in [2.24, 2.45) is 0 Å². The fraction of sp³-hybridized carbons (Fsp3) is 0.381. The van der Waals surface area contributed by atoms with Crippen molar-refractivity contribution in [2.75, 3.05) is 26.2 Å². The Labute approximate surface area is 163 Å². The Hall–Kier alpha value is -2.93. The molecule has 0 aliphatic carbocycles. The van der Waals surface area contributed by atoms with Crippen LogP contribution >= 0.6 is 0 Å². The number of aromatic amines is 1. The van der Waals surface area contributed by atoms with Crippen molar-refractivity contribution in [1.82, 2.24) is 25.2 Å². The summed E-state index contributed by atoms with van der Waals surface area (Å²) < 4.78 is 6.15. The summed E-state index contributed by atoms with van der Waals surface area (Å²) in [4.78, 5) is 26.4. The molecule has 2 N–H and O–H groups in total. The van der Waals surface area contributed by atoms with Crippen molar-refractivity contribution in [3.63, 3.8) is 0 Å². The third-order valence-corrected chi connectivity index (χ3v) is 5.54. The van der Waals surface area contributed by atoms with E-state index >= 15 is 0 Å². The van der Waals surface area contributed by atoms with E-state index in [1.165, 1.54) is 6.42 Å². The Morgan fingerprint density at radius 3 is 2.89 bits per heavy atom. The molecule has 0 saturated carbocycles. The highest BCUT2D eigenvalue weighted by Gasteiger charge is 2.35. The van der Waals surface area contributed by atoms with Crippen LogP contribution in [0.15, 0.2) is 42.6 Å². The largest absolute Gasteiger partial charge is 0.470 e. The number of hydrogen-bond acceptors (Lipinski definition) is 5. The Morgan fingerprint density at radius 2 is 2.07 bits per heavy atom. The number of ether oxygens (including phenoxy) is 1.